The van der Waals surface area contributed by atoms with E-state index in [0.717, 1.165) is 7.11 Å². The zero-order valence-corrected chi connectivity index (χ0v) is 10.6. The maximum Gasteiger partial charge on any atom is 0.336 e. The molecule has 0 heterocycles. The van der Waals surface area contributed by atoms with Crippen molar-refractivity contribution in [1.29, 1.82) is 0 Å². The van der Waals surface area contributed by atoms with Crippen LogP contribution in [-0.4, -0.2) is 41.7 Å². The molecule has 0 bridgehead atoms. The number of esters is 1. The minimum atomic E-state index is -1.70. The number of carbonyl (C=O) groups excluding carboxylic acids is 2. The molecule has 0 aromatic heterocycles. The van der Waals surface area contributed by atoms with Crippen molar-refractivity contribution in [3.63, 3.8) is 0 Å². The molecule has 21 heavy (non-hydrogen) atoms. The number of aliphatic hydroxyl groups excluding tert-OH is 1. The van der Waals surface area contributed by atoms with E-state index in [1.54, 1.807) is 0 Å². The summed E-state index contributed by atoms with van der Waals surface area (Å²) in [6, 6.07) is 0.789. The molecule has 1 unspecified atom stereocenters. The lowest BCUT2D eigenvalue weighted by Crippen LogP contribution is -2.37. The molecule has 1 amide bonds. The highest BCUT2D eigenvalue weighted by molar-refractivity contribution is 5.95. The Morgan fingerprint density at radius 2 is 2.10 bits per heavy atom. The van der Waals surface area contributed by atoms with Crippen LogP contribution in [0.15, 0.2) is 12.1 Å². The molecular weight excluding hydrogens is 294 g/mol. The maximum absolute atomic E-state index is 13.7. The molecule has 10 heteroatoms. The average molecular weight is 304 g/mol. The van der Waals surface area contributed by atoms with Gasteiger partial charge in [0.25, 0.3) is 5.91 Å². The SMILES string of the molecule is COC(=O)C(O)CNC(=O)c1cc(F)cc([N+](=O)[O-])c1F. The summed E-state index contributed by atoms with van der Waals surface area (Å²) < 4.78 is 31.0. The summed E-state index contributed by atoms with van der Waals surface area (Å²) >= 11 is 0. The molecule has 0 saturated carbocycles. The van der Waals surface area contributed by atoms with Gasteiger partial charge in [-0.3, -0.25) is 14.9 Å². The van der Waals surface area contributed by atoms with Gasteiger partial charge < -0.3 is 15.2 Å². The summed E-state index contributed by atoms with van der Waals surface area (Å²) in [6.45, 7) is -0.630. The molecule has 0 aliphatic rings. The molecule has 1 aromatic carbocycles. The van der Waals surface area contributed by atoms with Crippen molar-refractivity contribution in [3.8, 4) is 0 Å². The van der Waals surface area contributed by atoms with Gasteiger partial charge in [-0.15, -0.1) is 0 Å². The number of hydrogen-bond donors (Lipinski definition) is 2. The van der Waals surface area contributed by atoms with Crippen LogP contribution in [0.25, 0.3) is 0 Å². The van der Waals surface area contributed by atoms with E-state index in [0.29, 0.717) is 12.1 Å². The van der Waals surface area contributed by atoms with Gasteiger partial charge in [-0.25, -0.2) is 9.18 Å². The number of carbonyl (C=O) groups is 2. The number of aliphatic hydroxyl groups is 1. The van der Waals surface area contributed by atoms with E-state index in [1.807, 2.05) is 5.32 Å². The largest absolute Gasteiger partial charge is 0.467 e. The lowest BCUT2D eigenvalue weighted by atomic mass is 10.1. The molecule has 0 saturated heterocycles. The summed E-state index contributed by atoms with van der Waals surface area (Å²) in [5.41, 5.74) is -2.12. The van der Waals surface area contributed by atoms with Crippen molar-refractivity contribution in [2.24, 2.45) is 0 Å². The van der Waals surface area contributed by atoms with Crippen molar-refractivity contribution >= 4 is 17.6 Å². The smallest absolute Gasteiger partial charge is 0.336 e. The molecule has 0 aliphatic carbocycles. The van der Waals surface area contributed by atoms with Gasteiger partial charge in [0.05, 0.1) is 30.2 Å². The number of rotatable bonds is 5. The molecule has 8 nitrogen and oxygen atoms in total. The number of halogens is 2. The summed E-state index contributed by atoms with van der Waals surface area (Å²) in [4.78, 5) is 31.8. The molecule has 114 valence electrons. The highest BCUT2D eigenvalue weighted by atomic mass is 19.1. The summed E-state index contributed by atoms with van der Waals surface area (Å²) in [6.07, 6.45) is -1.70. The number of ether oxygens (including phenoxy) is 1. The van der Waals surface area contributed by atoms with Crippen LogP contribution < -0.4 is 5.32 Å². The van der Waals surface area contributed by atoms with E-state index in [1.165, 1.54) is 0 Å². The number of nitrogens with one attached hydrogen (secondary N) is 1. The van der Waals surface area contributed by atoms with Crippen LogP contribution in [0.2, 0.25) is 0 Å². The van der Waals surface area contributed by atoms with E-state index >= 15 is 0 Å². The first-order chi connectivity index (χ1) is 9.77. The van der Waals surface area contributed by atoms with Gasteiger partial charge in [0.1, 0.15) is 5.82 Å². The predicted molar refractivity (Wildman–Crippen MR) is 63.4 cm³/mol. The molecule has 1 aromatic rings. The van der Waals surface area contributed by atoms with Crippen molar-refractivity contribution in [2.75, 3.05) is 13.7 Å². The second-order valence-electron chi connectivity index (χ2n) is 3.79. The third-order valence-corrected chi connectivity index (χ3v) is 2.39. The molecule has 0 aliphatic heterocycles. The monoisotopic (exact) mass is 304 g/mol. The lowest BCUT2D eigenvalue weighted by molar-refractivity contribution is -0.387. The summed E-state index contributed by atoms with van der Waals surface area (Å²) in [5, 5.41) is 21.7. The minimum absolute atomic E-state index is 0.329. The quantitative estimate of drug-likeness (QED) is 0.453. The first-order valence-electron chi connectivity index (χ1n) is 5.45. The topological polar surface area (TPSA) is 119 Å². The highest BCUT2D eigenvalue weighted by Crippen LogP contribution is 2.22. The fraction of sp³-hybridized carbons (Fsp3) is 0.273. The first-order valence-corrected chi connectivity index (χ1v) is 5.45. The Hall–Kier alpha value is -2.62. The molecule has 1 rings (SSSR count). The Balaban J connectivity index is 2.93. The van der Waals surface area contributed by atoms with E-state index in [2.05, 4.69) is 4.74 Å². The molecule has 2 N–H and O–H groups in total. The van der Waals surface area contributed by atoms with Crippen molar-refractivity contribution in [1.82, 2.24) is 5.32 Å². The Kier molecular flexibility index (Phi) is 5.24. The van der Waals surface area contributed by atoms with Crippen molar-refractivity contribution in [2.45, 2.75) is 6.10 Å². The number of hydrogen-bond acceptors (Lipinski definition) is 6. The van der Waals surface area contributed by atoms with Gasteiger partial charge in [-0.2, -0.15) is 4.39 Å². The van der Waals surface area contributed by atoms with E-state index in [9.17, 15) is 33.6 Å². The zero-order chi connectivity index (χ0) is 16.2. The Morgan fingerprint density at radius 1 is 1.48 bits per heavy atom. The number of methoxy groups -OCH3 is 1. The van der Waals surface area contributed by atoms with Crippen LogP contribution in [0.4, 0.5) is 14.5 Å². The third-order valence-electron chi connectivity index (χ3n) is 2.39. The molecule has 0 fully saturated rings. The van der Waals surface area contributed by atoms with Crippen LogP contribution >= 0.6 is 0 Å². The van der Waals surface area contributed by atoms with Gasteiger partial charge in [0.2, 0.25) is 5.82 Å². The van der Waals surface area contributed by atoms with Crippen molar-refractivity contribution < 1.29 is 33.1 Å². The maximum atomic E-state index is 13.7. The zero-order valence-electron chi connectivity index (χ0n) is 10.6. The second-order valence-corrected chi connectivity index (χ2v) is 3.79. The Bertz CT molecular complexity index is 592. The molecule has 0 radical (unpaired) electrons. The first kappa shape index (κ1) is 16.4. The van der Waals surface area contributed by atoms with Crippen LogP contribution in [0.1, 0.15) is 10.4 Å². The van der Waals surface area contributed by atoms with Gasteiger partial charge in [0, 0.05) is 0 Å². The summed E-state index contributed by atoms with van der Waals surface area (Å²) in [7, 11) is 1.00. The van der Waals surface area contributed by atoms with Crippen molar-refractivity contribution in [3.05, 3.63) is 39.4 Å². The van der Waals surface area contributed by atoms with Gasteiger partial charge in [0.15, 0.2) is 6.10 Å². The Morgan fingerprint density at radius 3 is 2.62 bits per heavy atom. The average Bonchev–Trinajstić information content (AvgIpc) is 2.45. The fourth-order valence-corrected chi connectivity index (χ4v) is 1.38. The van der Waals surface area contributed by atoms with Gasteiger partial charge >= 0.3 is 11.7 Å². The second kappa shape index (κ2) is 6.70. The molecular formula is C11H10F2N2O6. The van der Waals surface area contributed by atoms with Crippen LogP contribution in [-0.2, 0) is 9.53 Å². The van der Waals surface area contributed by atoms with Crippen LogP contribution in [0, 0.1) is 21.7 Å². The van der Waals surface area contributed by atoms with Crippen LogP contribution in [0.5, 0.6) is 0 Å². The van der Waals surface area contributed by atoms with E-state index < -0.39 is 52.3 Å². The van der Waals surface area contributed by atoms with E-state index in [-0.39, 0.29) is 0 Å². The van der Waals surface area contributed by atoms with Crippen LogP contribution in [0.3, 0.4) is 0 Å². The number of nitro groups is 1. The van der Waals surface area contributed by atoms with Gasteiger partial charge in [-0.05, 0) is 6.07 Å². The van der Waals surface area contributed by atoms with E-state index in [4.69, 9.17) is 0 Å². The third kappa shape index (κ3) is 3.92. The number of nitro benzene ring substituents is 1. The molecule has 0 spiro atoms. The minimum Gasteiger partial charge on any atom is -0.467 e. The van der Waals surface area contributed by atoms with Gasteiger partial charge in [-0.1, -0.05) is 0 Å². The lowest BCUT2D eigenvalue weighted by Gasteiger charge is -2.10. The number of nitrogens with zero attached hydrogens (tertiary/aromatic N) is 1. The number of benzene rings is 1. The predicted octanol–water partition coefficient (Wildman–Crippen LogP) is 0.137. The highest BCUT2D eigenvalue weighted by Gasteiger charge is 2.25. The molecule has 1 atom stereocenters. The number of amides is 1. The summed E-state index contributed by atoms with van der Waals surface area (Å²) in [5.74, 6) is -4.97. The standard InChI is InChI=1S/C11H10F2N2O6/c1-21-11(18)8(16)4-14-10(17)6-2-5(12)3-7(9(6)13)15(19)20/h2-3,8,16H,4H2,1H3,(H,14,17). The Labute approximate surface area is 116 Å². The fourth-order valence-electron chi connectivity index (χ4n) is 1.38. The normalized spacial score (nSPS) is 11.6.